The molecule has 1 aromatic carbocycles. The van der Waals surface area contributed by atoms with Gasteiger partial charge in [-0.05, 0) is 55.8 Å². The van der Waals surface area contributed by atoms with Crippen LogP contribution < -0.4 is 9.62 Å². The molecule has 0 radical (unpaired) electrons. The Morgan fingerprint density at radius 1 is 1.26 bits per heavy atom. The number of benzene rings is 1. The second-order valence-corrected chi connectivity index (χ2v) is 9.28. The first-order valence-electron chi connectivity index (χ1n) is 8.49. The molecule has 7 nitrogen and oxygen atoms in total. The van der Waals surface area contributed by atoms with Gasteiger partial charge in [0.2, 0.25) is 0 Å². The van der Waals surface area contributed by atoms with Crippen LogP contribution in [0.3, 0.4) is 0 Å². The van der Waals surface area contributed by atoms with Crippen molar-refractivity contribution in [2.75, 3.05) is 10.8 Å². The van der Waals surface area contributed by atoms with Gasteiger partial charge in [0.25, 0.3) is 15.9 Å². The summed E-state index contributed by atoms with van der Waals surface area (Å²) in [5.41, 5.74) is 1.54. The molecular weight excluding hydrogens is 388 g/mol. The summed E-state index contributed by atoms with van der Waals surface area (Å²) in [4.78, 5) is 23.4. The van der Waals surface area contributed by atoms with Gasteiger partial charge in [0.1, 0.15) is 9.77 Å². The number of carboxylic acid groups (broad SMARTS) is 1. The smallest absolute Gasteiger partial charge is 0.347 e. The van der Waals surface area contributed by atoms with Gasteiger partial charge in [-0.15, -0.1) is 11.3 Å². The quantitative estimate of drug-likeness (QED) is 0.792. The number of anilines is 1. The van der Waals surface area contributed by atoms with Crippen molar-refractivity contribution in [3.8, 4) is 0 Å². The lowest BCUT2D eigenvalue weighted by molar-refractivity contribution is 0.0698. The predicted molar refractivity (Wildman–Crippen MR) is 103 cm³/mol. The van der Waals surface area contributed by atoms with E-state index in [1.165, 1.54) is 15.8 Å². The highest BCUT2D eigenvalue weighted by Gasteiger charge is 2.34. The largest absolute Gasteiger partial charge is 0.477 e. The van der Waals surface area contributed by atoms with Crippen LogP contribution in [-0.4, -0.2) is 38.0 Å². The number of hydrogen-bond donors (Lipinski definition) is 2. The molecule has 0 aliphatic carbocycles. The number of hydrogen-bond acceptors (Lipinski definition) is 5. The second-order valence-electron chi connectivity index (χ2n) is 6.53. The Morgan fingerprint density at radius 2 is 2.00 bits per heavy atom. The van der Waals surface area contributed by atoms with Gasteiger partial charge < -0.3 is 10.4 Å². The van der Waals surface area contributed by atoms with Crippen LogP contribution in [0.4, 0.5) is 5.69 Å². The Labute approximate surface area is 161 Å². The van der Waals surface area contributed by atoms with Crippen LogP contribution in [-0.2, 0) is 16.4 Å². The number of aromatic carboxylic acids is 1. The number of carboxylic acids is 1. The summed E-state index contributed by atoms with van der Waals surface area (Å²) in [5, 5.41) is 13.6. The van der Waals surface area contributed by atoms with E-state index in [1.54, 1.807) is 18.2 Å². The van der Waals surface area contributed by atoms with Gasteiger partial charge >= 0.3 is 5.97 Å². The number of carbonyl (C=O) groups is 2. The summed E-state index contributed by atoms with van der Waals surface area (Å²) < 4.78 is 27.5. The van der Waals surface area contributed by atoms with Crippen molar-refractivity contribution in [2.24, 2.45) is 0 Å². The molecule has 27 heavy (non-hydrogen) atoms. The summed E-state index contributed by atoms with van der Waals surface area (Å²) in [7, 11) is -4.04. The van der Waals surface area contributed by atoms with Crippen molar-refractivity contribution in [1.82, 2.24) is 5.32 Å². The first-order valence-corrected chi connectivity index (χ1v) is 10.8. The number of thiophene rings is 1. The fourth-order valence-electron chi connectivity index (χ4n) is 3.17. The summed E-state index contributed by atoms with van der Waals surface area (Å²) in [6, 6.07) is 6.26. The van der Waals surface area contributed by atoms with E-state index in [2.05, 4.69) is 5.32 Å². The summed E-state index contributed by atoms with van der Waals surface area (Å²) >= 11 is 0.875. The molecule has 0 spiro atoms. The van der Waals surface area contributed by atoms with Gasteiger partial charge in [-0.25, -0.2) is 13.2 Å². The Balaban J connectivity index is 2.08. The van der Waals surface area contributed by atoms with Crippen molar-refractivity contribution in [3.63, 3.8) is 0 Å². The fourth-order valence-corrected chi connectivity index (χ4v) is 5.94. The SMILES string of the molecule is CC(C)NC(=O)c1cccc2c1CCCN2S(=O)(=O)c1ccsc1C(=O)O. The summed E-state index contributed by atoms with van der Waals surface area (Å²) in [6.45, 7) is 3.95. The molecule has 2 N–H and O–H groups in total. The minimum absolute atomic E-state index is 0.0410. The Morgan fingerprint density at radius 3 is 2.67 bits per heavy atom. The van der Waals surface area contributed by atoms with Crippen LogP contribution in [0, 0.1) is 0 Å². The zero-order chi connectivity index (χ0) is 19.8. The first-order chi connectivity index (χ1) is 12.7. The van der Waals surface area contributed by atoms with E-state index in [0.717, 1.165) is 11.3 Å². The number of carbonyl (C=O) groups excluding carboxylic acids is 1. The normalized spacial score (nSPS) is 14.1. The highest BCUT2D eigenvalue weighted by molar-refractivity contribution is 7.93. The van der Waals surface area contributed by atoms with Gasteiger partial charge in [0.05, 0.1) is 5.69 Å². The van der Waals surface area contributed by atoms with Gasteiger partial charge in [-0.1, -0.05) is 6.07 Å². The summed E-state index contributed by atoms with van der Waals surface area (Å²) in [5.74, 6) is -1.52. The zero-order valence-electron chi connectivity index (χ0n) is 14.9. The van der Waals surface area contributed by atoms with Crippen LogP contribution in [0.25, 0.3) is 0 Å². The van der Waals surface area contributed by atoms with Crippen molar-refractivity contribution < 1.29 is 23.1 Å². The van der Waals surface area contributed by atoms with E-state index in [4.69, 9.17) is 0 Å². The maximum atomic E-state index is 13.2. The van der Waals surface area contributed by atoms with Crippen LogP contribution in [0.5, 0.6) is 0 Å². The van der Waals surface area contributed by atoms with E-state index in [1.807, 2.05) is 13.8 Å². The van der Waals surface area contributed by atoms with Crippen LogP contribution in [0.1, 0.15) is 45.9 Å². The molecule has 0 atom stereocenters. The third kappa shape index (κ3) is 3.57. The van der Waals surface area contributed by atoms with E-state index in [-0.39, 0.29) is 28.3 Å². The lowest BCUT2D eigenvalue weighted by Crippen LogP contribution is -2.37. The topological polar surface area (TPSA) is 104 Å². The third-order valence-electron chi connectivity index (χ3n) is 4.26. The number of sulfonamides is 1. The van der Waals surface area contributed by atoms with Gasteiger partial charge in [0.15, 0.2) is 0 Å². The molecule has 0 bridgehead atoms. The van der Waals surface area contributed by atoms with Crippen molar-refractivity contribution in [1.29, 1.82) is 0 Å². The maximum Gasteiger partial charge on any atom is 0.347 e. The predicted octanol–water partition coefficient (Wildman–Crippen LogP) is 2.73. The number of amides is 1. The highest BCUT2D eigenvalue weighted by atomic mass is 32.2. The lowest BCUT2D eigenvalue weighted by atomic mass is 9.97. The standard InChI is InChI=1S/C18H20N2O5S2/c1-11(2)19-17(21)13-5-3-7-14-12(13)6-4-9-20(14)27(24,25)15-8-10-26-16(15)18(22)23/h3,5,7-8,10-11H,4,6,9H2,1-2H3,(H,19,21)(H,22,23). The number of nitrogens with one attached hydrogen (secondary N) is 1. The van der Waals surface area contributed by atoms with E-state index in [9.17, 15) is 23.1 Å². The van der Waals surface area contributed by atoms with E-state index < -0.39 is 16.0 Å². The molecule has 0 saturated heterocycles. The molecule has 1 aliphatic heterocycles. The first kappa shape index (κ1) is 19.4. The Kier molecular flexibility index (Phi) is 5.25. The molecule has 0 fully saturated rings. The zero-order valence-corrected chi connectivity index (χ0v) is 16.6. The highest BCUT2D eigenvalue weighted by Crippen LogP contribution is 2.35. The maximum absolute atomic E-state index is 13.2. The molecule has 1 aromatic heterocycles. The molecule has 1 amide bonds. The number of fused-ring (bicyclic) bond motifs is 1. The monoisotopic (exact) mass is 408 g/mol. The molecule has 0 saturated carbocycles. The third-order valence-corrected chi connectivity index (χ3v) is 7.15. The van der Waals surface area contributed by atoms with Crippen LogP contribution in [0.15, 0.2) is 34.5 Å². The average molecular weight is 409 g/mol. The molecular formula is C18H20N2O5S2. The molecule has 9 heteroatoms. The van der Waals surface area contributed by atoms with Gasteiger partial charge in [0, 0.05) is 18.2 Å². The molecule has 3 rings (SSSR count). The van der Waals surface area contributed by atoms with Crippen LogP contribution >= 0.6 is 11.3 Å². The van der Waals surface area contributed by atoms with Crippen molar-refractivity contribution in [3.05, 3.63) is 45.6 Å². The van der Waals surface area contributed by atoms with Gasteiger partial charge in [-0.2, -0.15) is 0 Å². The van der Waals surface area contributed by atoms with E-state index >= 15 is 0 Å². The van der Waals surface area contributed by atoms with E-state index in [0.29, 0.717) is 29.7 Å². The van der Waals surface area contributed by atoms with Crippen LogP contribution in [0.2, 0.25) is 0 Å². The minimum atomic E-state index is -4.04. The van der Waals surface area contributed by atoms with Crippen molar-refractivity contribution in [2.45, 2.75) is 37.6 Å². The lowest BCUT2D eigenvalue weighted by Gasteiger charge is -2.31. The number of nitrogens with zero attached hydrogens (tertiary/aromatic N) is 1. The Hall–Kier alpha value is -2.39. The second kappa shape index (κ2) is 7.32. The van der Waals surface area contributed by atoms with Crippen molar-refractivity contribution >= 4 is 38.9 Å². The minimum Gasteiger partial charge on any atom is -0.477 e. The number of rotatable bonds is 5. The average Bonchev–Trinajstić information content (AvgIpc) is 3.11. The molecule has 2 heterocycles. The molecule has 1 aliphatic rings. The fraction of sp³-hybridized carbons (Fsp3) is 0.333. The summed E-state index contributed by atoms with van der Waals surface area (Å²) in [6.07, 6.45) is 1.13. The Bertz CT molecular complexity index is 995. The molecule has 144 valence electrons. The van der Waals surface area contributed by atoms with Gasteiger partial charge in [-0.3, -0.25) is 9.10 Å². The molecule has 2 aromatic rings. The molecule has 0 unspecified atom stereocenters.